The summed E-state index contributed by atoms with van der Waals surface area (Å²) in [4.78, 5) is 16.3. The molecule has 146 valence electrons. The van der Waals surface area contributed by atoms with Crippen LogP contribution >= 0.6 is 0 Å². The zero-order valence-corrected chi connectivity index (χ0v) is 15.8. The highest BCUT2D eigenvalue weighted by Crippen LogP contribution is 2.23. The quantitative estimate of drug-likeness (QED) is 0.445. The first-order chi connectivity index (χ1) is 14.2. The highest BCUT2D eigenvalue weighted by atomic mass is 16.5. The molecule has 0 spiro atoms. The summed E-state index contributed by atoms with van der Waals surface area (Å²) in [6.07, 6.45) is 5.37. The summed E-state index contributed by atoms with van der Waals surface area (Å²) in [5, 5.41) is 3.96. The molecule has 0 radical (unpaired) electrons. The molecule has 0 unspecified atom stereocenters. The number of hydrogen-bond acceptors (Lipinski definition) is 6. The van der Waals surface area contributed by atoms with Gasteiger partial charge < -0.3 is 18.6 Å². The molecule has 4 aromatic rings. The van der Waals surface area contributed by atoms with Gasteiger partial charge in [-0.2, -0.15) is 0 Å². The molecule has 2 heterocycles. The molecular formula is C22H19N3O4. The molecule has 7 heteroatoms. The highest BCUT2D eigenvalue weighted by molar-refractivity contribution is 5.89. The van der Waals surface area contributed by atoms with Crippen molar-refractivity contribution < 1.29 is 18.8 Å². The normalized spacial score (nSPS) is 10.7. The fraction of sp³-hybridized carbons (Fsp3) is 0.136. The van der Waals surface area contributed by atoms with Gasteiger partial charge in [-0.15, -0.1) is 0 Å². The molecule has 0 aliphatic heterocycles. The number of ether oxygens (including phenoxy) is 2. The molecule has 0 bridgehead atoms. The topological polar surface area (TPSA) is 79.4 Å². The van der Waals surface area contributed by atoms with E-state index in [1.807, 2.05) is 47.2 Å². The lowest BCUT2D eigenvalue weighted by Gasteiger charge is -2.05. The average molecular weight is 389 g/mol. The highest BCUT2D eigenvalue weighted by Gasteiger charge is 2.11. The summed E-state index contributed by atoms with van der Waals surface area (Å²) >= 11 is 0. The summed E-state index contributed by atoms with van der Waals surface area (Å²) in [5.74, 6) is 0.953. The van der Waals surface area contributed by atoms with Crippen molar-refractivity contribution in [2.45, 2.75) is 13.2 Å². The van der Waals surface area contributed by atoms with Crippen LogP contribution in [0.1, 0.15) is 21.6 Å². The van der Waals surface area contributed by atoms with E-state index in [0.717, 1.165) is 16.9 Å². The molecule has 0 saturated carbocycles. The lowest BCUT2D eigenvalue weighted by Crippen LogP contribution is -2.06. The Kier molecular flexibility index (Phi) is 5.38. The Bertz CT molecular complexity index is 1070. The van der Waals surface area contributed by atoms with Crippen LogP contribution in [0.2, 0.25) is 0 Å². The molecule has 2 aromatic heterocycles. The van der Waals surface area contributed by atoms with E-state index in [1.165, 1.54) is 0 Å². The predicted molar refractivity (Wildman–Crippen MR) is 105 cm³/mol. The van der Waals surface area contributed by atoms with Gasteiger partial charge in [-0.25, -0.2) is 9.78 Å². The number of rotatable bonds is 7. The Labute approximate surface area is 167 Å². The van der Waals surface area contributed by atoms with Crippen LogP contribution in [0.15, 0.2) is 77.8 Å². The SMILES string of the molecule is COc1ccc(-c2cc(COC(=O)c3ccc(Cn4ccnc4)cc3)no2)cc1. The number of benzene rings is 2. The average Bonchev–Trinajstić information content (AvgIpc) is 3.45. The Morgan fingerprint density at radius 2 is 1.90 bits per heavy atom. The van der Waals surface area contributed by atoms with E-state index in [4.69, 9.17) is 14.0 Å². The molecule has 29 heavy (non-hydrogen) atoms. The van der Waals surface area contributed by atoms with Gasteiger partial charge in [0.05, 0.1) is 19.0 Å². The van der Waals surface area contributed by atoms with Crippen molar-refractivity contribution in [3.63, 3.8) is 0 Å². The van der Waals surface area contributed by atoms with E-state index in [-0.39, 0.29) is 6.61 Å². The monoisotopic (exact) mass is 389 g/mol. The van der Waals surface area contributed by atoms with Gasteiger partial charge in [-0.1, -0.05) is 17.3 Å². The Morgan fingerprint density at radius 3 is 2.59 bits per heavy atom. The smallest absolute Gasteiger partial charge is 0.338 e. The van der Waals surface area contributed by atoms with E-state index in [9.17, 15) is 4.79 Å². The van der Waals surface area contributed by atoms with Crippen LogP contribution in [0.3, 0.4) is 0 Å². The zero-order valence-electron chi connectivity index (χ0n) is 15.8. The van der Waals surface area contributed by atoms with Gasteiger partial charge in [-0.3, -0.25) is 0 Å². The summed E-state index contributed by atoms with van der Waals surface area (Å²) < 4.78 is 17.8. The molecule has 2 aromatic carbocycles. The predicted octanol–water partition coefficient (Wildman–Crippen LogP) is 3.95. The molecule has 4 rings (SSSR count). The molecule has 0 fully saturated rings. The van der Waals surface area contributed by atoms with Crippen molar-refractivity contribution in [2.24, 2.45) is 0 Å². The van der Waals surface area contributed by atoms with Crippen molar-refractivity contribution in [3.05, 3.63) is 90.1 Å². The first-order valence-corrected chi connectivity index (χ1v) is 9.03. The maximum atomic E-state index is 12.3. The second-order valence-corrected chi connectivity index (χ2v) is 6.42. The fourth-order valence-electron chi connectivity index (χ4n) is 2.83. The van der Waals surface area contributed by atoms with Gasteiger partial charge in [0.1, 0.15) is 18.1 Å². The van der Waals surface area contributed by atoms with Gasteiger partial charge in [0, 0.05) is 30.6 Å². The minimum absolute atomic E-state index is 0.0370. The number of carbonyl (C=O) groups is 1. The van der Waals surface area contributed by atoms with Gasteiger partial charge in [0.25, 0.3) is 0 Å². The molecule has 7 nitrogen and oxygen atoms in total. The van der Waals surface area contributed by atoms with Crippen LogP contribution in [0.25, 0.3) is 11.3 Å². The summed E-state index contributed by atoms with van der Waals surface area (Å²) in [6.45, 7) is 0.734. The van der Waals surface area contributed by atoms with Gasteiger partial charge >= 0.3 is 5.97 Å². The standard InChI is InChI=1S/C22H19N3O4/c1-27-20-8-6-17(7-9-20)21-12-19(24-29-21)14-28-22(26)18-4-2-16(3-5-18)13-25-11-10-23-15-25/h2-12,15H,13-14H2,1H3. The van der Waals surface area contributed by atoms with Crippen LogP contribution in [0.4, 0.5) is 0 Å². The van der Waals surface area contributed by atoms with Crippen molar-refractivity contribution in [2.75, 3.05) is 7.11 Å². The third-order valence-electron chi connectivity index (χ3n) is 4.40. The molecule has 0 N–H and O–H groups in total. The lowest BCUT2D eigenvalue weighted by atomic mass is 10.1. The lowest BCUT2D eigenvalue weighted by molar-refractivity contribution is 0.0464. The van der Waals surface area contributed by atoms with Crippen molar-refractivity contribution in [3.8, 4) is 17.1 Å². The summed E-state index contributed by atoms with van der Waals surface area (Å²) in [6, 6.07) is 16.5. The van der Waals surface area contributed by atoms with E-state index in [0.29, 0.717) is 23.6 Å². The van der Waals surface area contributed by atoms with Gasteiger partial charge in [0.2, 0.25) is 0 Å². The van der Waals surface area contributed by atoms with E-state index < -0.39 is 5.97 Å². The molecule has 0 saturated heterocycles. The van der Waals surface area contributed by atoms with E-state index >= 15 is 0 Å². The van der Waals surface area contributed by atoms with E-state index in [2.05, 4.69) is 10.1 Å². The number of carbonyl (C=O) groups excluding carboxylic acids is 1. The maximum absolute atomic E-state index is 12.3. The van der Waals surface area contributed by atoms with Gasteiger partial charge in [0.15, 0.2) is 5.76 Å². The number of aromatic nitrogens is 3. The molecule has 0 atom stereocenters. The molecule has 0 aliphatic carbocycles. The minimum Gasteiger partial charge on any atom is -0.497 e. The van der Waals surface area contributed by atoms with Crippen LogP contribution in [-0.4, -0.2) is 27.8 Å². The largest absolute Gasteiger partial charge is 0.497 e. The first-order valence-electron chi connectivity index (χ1n) is 9.03. The van der Waals surface area contributed by atoms with Gasteiger partial charge in [-0.05, 0) is 42.0 Å². The maximum Gasteiger partial charge on any atom is 0.338 e. The second-order valence-electron chi connectivity index (χ2n) is 6.42. The van der Waals surface area contributed by atoms with Crippen molar-refractivity contribution in [1.29, 1.82) is 0 Å². The number of hydrogen-bond donors (Lipinski definition) is 0. The fourth-order valence-corrected chi connectivity index (χ4v) is 2.83. The molecular weight excluding hydrogens is 370 g/mol. The van der Waals surface area contributed by atoms with Crippen LogP contribution in [0, 0.1) is 0 Å². The molecule has 0 aliphatic rings. The van der Waals surface area contributed by atoms with E-state index in [1.54, 1.807) is 37.8 Å². The number of imidazole rings is 1. The summed E-state index contributed by atoms with van der Waals surface area (Å²) in [5.41, 5.74) is 2.96. The minimum atomic E-state index is -0.409. The third kappa shape index (κ3) is 4.52. The van der Waals surface area contributed by atoms with Crippen molar-refractivity contribution >= 4 is 5.97 Å². The number of methoxy groups -OCH3 is 1. The van der Waals surface area contributed by atoms with Crippen molar-refractivity contribution in [1.82, 2.24) is 14.7 Å². The Morgan fingerprint density at radius 1 is 1.10 bits per heavy atom. The Balaban J connectivity index is 1.34. The number of nitrogens with zero attached hydrogens (tertiary/aromatic N) is 3. The summed E-state index contributed by atoms with van der Waals surface area (Å²) in [7, 11) is 1.61. The van der Waals surface area contributed by atoms with Crippen LogP contribution in [-0.2, 0) is 17.9 Å². The third-order valence-corrected chi connectivity index (χ3v) is 4.40. The van der Waals surface area contributed by atoms with Crippen LogP contribution < -0.4 is 4.74 Å². The zero-order chi connectivity index (χ0) is 20.1. The Hall–Kier alpha value is -3.87. The van der Waals surface area contributed by atoms with Crippen LogP contribution in [0.5, 0.6) is 5.75 Å². The second kappa shape index (κ2) is 8.43. The molecule has 0 amide bonds. The first kappa shape index (κ1) is 18.5. The number of esters is 1.